The van der Waals surface area contributed by atoms with E-state index in [1.54, 1.807) is 55.8 Å². The molecule has 46 heteroatoms. The Morgan fingerprint density at radius 1 is 0.807 bits per heavy atom. The Labute approximate surface area is 649 Å². The van der Waals surface area contributed by atoms with Crippen LogP contribution in [0.15, 0.2) is 90.8 Å². The fourth-order valence-corrected chi connectivity index (χ4v) is 13.6. The number of phenols is 1. The standard InChI is InChI=1S/C29H32O13.C20H22N8O5.C9H11F2N3O4.C5H5N5S.C5H4N4S/c1-11-36-9-20-27(40-11)24(31)25(32)29(41-20)42-26-14-7-17-16(38-10-39-17)6-13(14)21(22-15(26)8-37-28(22)33)12-4-18(34-2)23(30)19(5-12)35-3;1-28(9-11-8-23-17-15(24-11)16(21)26-20(22)27-17)12-4-2-10(3-5-12)18(31)25-13(19(32)33)6-7-14(29)30;10-9(11)6(16)4(3-15)18-7(9)14-2-1-5(12)13-8(14)17;6-5-9-3-2(4(11)10-5)7-1-8-3;10-5-3-4(7-1-6-3)8-2-9-5/h4-7,11,15,20-22,24-27,29-32H,8-10H2,1-3H3;2-5,8,13H,6-7,9H2,1H3,(H,25,31)(H,29,30)(H,32,33)(H4,21,22,23,26,27);1-2,4,6-7,15-16H,3H2,(H2,12,13,17);1H,(H4,6,7,8,9,10,11);1-2H,(H2,6,7,8,9,10)/t11-,15+,20-,21-,22+,24-,25-,26-,27-,29+;13-;4-,6-,7-;;/m101../s1. The average molecular weight is 1630 g/mol. The van der Waals surface area contributed by atoms with Crippen LogP contribution in [0.3, 0.4) is 0 Å². The highest BCUT2D eigenvalue weighted by atomic mass is 32.1. The number of aliphatic hydroxyl groups is 4. The summed E-state index contributed by atoms with van der Waals surface area (Å²) in [5.41, 5.74) is 28.2. The number of carbonyl (C=O) groups excluding carboxylic acids is 2. The first kappa shape index (κ1) is 81.4. The number of amides is 1. The molecule has 1 amide bonds. The number of aliphatic carboxylic acids is 2. The van der Waals surface area contributed by atoms with Crippen molar-refractivity contribution in [1.29, 1.82) is 0 Å². The lowest BCUT2D eigenvalue weighted by atomic mass is 9.66. The molecule has 0 unspecified atom stereocenters. The molecule has 42 nitrogen and oxygen atoms in total. The van der Waals surface area contributed by atoms with Gasteiger partial charge in [-0.1, -0.05) is 24.4 Å². The van der Waals surface area contributed by atoms with Gasteiger partial charge in [0, 0.05) is 42.8 Å². The summed E-state index contributed by atoms with van der Waals surface area (Å²) >= 11 is 9.82. The number of nitrogens with zero attached hydrogens (tertiary/aromatic N) is 11. The van der Waals surface area contributed by atoms with Gasteiger partial charge < -0.3 is 136 Å². The minimum absolute atomic E-state index is 0.0138. The predicted molar refractivity (Wildman–Crippen MR) is 394 cm³/mol. The number of H-pyrrole nitrogens is 4. The van der Waals surface area contributed by atoms with Gasteiger partial charge >= 0.3 is 29.5 Å². The van der Waals surface area contributed by atoms with Crippen molar-refractivity contribution in [3.05, 3.63) is 134 Å². The number of rotatable bonds is 16. The molecule has 4 saturated heterocycles. The molecule has 1 aliphatic carbocycles. The van der Waals surface area contributed by atoms with Crippen LogP contribution >= 0.6 is 24.4 Å². The van der Waals surface area contributed by atoms with Gasteiger partial charge in [-0.15, -0.1) is 0 Å². The van der Waals surface area contributed by atoms with Crippen molar-refractivity contribution in [3.63, 3.8) is 0 Å². The number of halogens is 2. The largest absolute Gasteiger partial charge is 0.502 e. The molecule has 7 aromatic heterocycles. The SMILES string of the molecule is CN(Cc1cnc2nc(N)nc(N)c2n1)c1ccc(C(=O)N[C@@H](CCC(=O)O)C(=O)O)cc1.COc1cc([C@@H]2c3cc4c(cc3[C@@H](O[C@@H]3O[C@@H]5CO[C@@H](C)O[C@H]5[C@H](O)[C@H]3O)[C@H]3COC(=O)[C@H]23)OCO4)cc(OC)c1O.Nc1ccn([C@@H]2O[C@H](CO)[C@@H](O)C2(F)F)c(=O)n1.Nc1nc(=S)c2[nH]cnc2[nH]1.S=c1nc[nH]c2nc[nH]c12. The molecule has 0 spiro atoms. The second-order valence-corrected chi connectivity index (χ2v) is 26.7. The fraction of sp³-hybridized carbons (Fsp3) is 0.382. The van der Waals surface area contributed by atoms with Gasteiger partial charge in [-0.05, 0) is 84.6 Å². The molecule has 0 radical (unpaired) electrons. The van der Waals surface area contributed by atoms with Crippen LogP contribution in [0.5, 0.6) is 28.7 Å². The molecule has 0 bridgehead atoms. The average Bonchev–Trinajstić information content (AvgIpc) is 1.45. The van der Waals surface area contributed by atoms with Gasteiger partial charge in [-0.2, -0.15) is 23.7 Å². The number of imidazole rings is 2. The zero-order chi connectivity index (χ0) is 81.7. The fourth-order valence-electron chi connectivity index (χ4n) is 13.1. The van der Waals surface area contributed by atoms with E-state index in [4.69, 9.17) is 105 Å². The van der Waals surface area contributed by atoms with E-state index < -0.39 is 127 Å². The number of hydrogen-bond acceptors (Lipinski definition) is 36. The number of nitrogen functional groups attached to an aromatic ring is 4. The van der Waals surface area contributed by atoms with Crippen LogP contribution in [0.4, 0.5) is 38.0 Å². The molecule has 5 aliphatic heterocycles. The van der Waals surface area contributed by atoms with Crippen LogP contribution < -0.4 is 57.8 Å². The second-order valence-electron chi connectivity index (χ2n) is 25.9. The van der Waals surface area contributed by atoms with Crippen molar-refractivity contribution in [2.45, 2.75) is 106 Å². The number of aliphatic hydroxyl groups excluding tert-OH is 4. The maximum atomic E-state index is 13.7. The van der Waals surface area contributed by atoms with Crippen molar-refractivity contribution in [2.24, 2.45) is 11.8 Å². The first-order chi connectivity index (χ1) is 54.4. The smallest absolute Gasteiger partial charge is 0.351 e. The van der Waals surface area contributed by atoms with Crippen molar-refractivity contribution < 1.29 is 111 Å². The summed E-state index contributed by atoms with van der Waals surface area (Å²) in [6.07, 6.45) is -5.87. The van der Waals surface area contributed by atoms with Gasteiger partial charge in [0.25, 0.3) is 5.91 Å². The molecule has 14 atom stereocenters. The number of alkyl halides is 2. The lowest BCUT2D eigenvalue weighted by Gasteiger charge is -2.47. The summed E-state index contributed by atoms with van der Waals surface area (Å²) in [7, 11) is 4.68. The zero-order valence-electron chi connectivity index (χ0n) is 60.2. The zero-order valence-corrected chi connectivity index (χ0v) is 61.8. The number of esters is 1. The lowest BCUT2D eigenvalue weighted by molar-refractivity contribution is -0.364. The predicted octanol–water partition coefficient (Wildman–Crippen LogP) is 1.93. The number of anilines is 5. The summed E-state index contributed by atoms with van der Waals surface area (Å²) in [5.74, 6) is -7.47. The van der Waals surface area contributed by atoms with Crippen LogP contribution in [-0.4, -0.2) is 238 Å². The Hall–Kier alpha value is -12.1. The number of cyclic esters (lactones) is 1. The number of aromatic hydroxyl groups is 1. The summed E-state index contributed by atoms with van der Waals surface area (Å²) in [5, 5.41) is 70.9. The number of carboxylic acids is 2. The van der Waals surface area contributed by atoms with Crippen LogP contribution in [0.1, 0.15) is 70.8 Å². The topological polar surface area (TPSA) is 623 Å². The third-order valence-electron chi connectivity index (χ3n) is 18.7. The van der Waals surface area contributed by atoms with E-state index in [0.717, 1.165) is 29.1 Å². The van der Waals surface area contributed by atoms with E-state index in [1.165, 1.54) is 39.0 Å². The number of nitrogens with two attached hydrogens (primary N) is 4. The Morgan fingerprint density at radius 2 is 1.48 bits per heavy atom. The molecule has 3 aromatic carbocycles. The Kier molecular flexibility index (Phi) is 24.6. The number of phenolic OH excluding ortho intramolecular Hbond substituents is 1. The number of carboxylic acid groups (broad SMARTS) is 2. The van der Waals surface area contributed by atoms with Gasteiger partial charge in [-0.3, -0.25) is 19.0 Å². The number of carbonyl (C=O) groups is 4. The molecule has 10 aromatic rings. The van der Waals surface area contributed by atoms with Crippen molar-refractivity contribution in [1.82, 2.24) is 74.7 Å². The summed E-state index contributed by atoms with van der Waals surface area (Å²) < 4.78 is 85.2. The summed E-state index contributed by atoms with van der Waals surface area (Å²) in [4.78, 5) is 108. The number of ether oxygens (including phenoxy) is 10. The quantitative estimate of drug-likeness (QED) is 0.0485. The third kappa shape index (κ3) is 17.4. The van der Waals surface area contributed by atoms with Crippen molar-refractivity contribution >= 4 is 111 Å². The van der Waals surface area contributed by atoms with E-state index in [1.807, 2.05) is 11.9 Å². The van der Waals surface area contributed by atoms with Gasteiger partial charge in [0.1, 0.15) is 53.4 Å². The van der Waals surface area contributed by atoms with E-state index in [0.29, 0.717) is 76.6 Å². The molecular formula is C68H74F2N20O22S2. The first-order valence-corrected chi connectivity index (χ1v) is 35.1. The monoisotopic (exact) mass is 1620 g/mol. The number of methoxy groups -OCH3 is 2. The van der Waals surface area contributed by atoms with Crippen molar-refractivity contribution in [3.8, 4) is 28.7 Å². The molecule has 604 valence electrons. The number of aromatic amines is 4. The molecule has 4 fully saturated rings. The highest BCUT2D eigenvalue weighted by Crippen LogP contribution is 2.57. The van der Waals surface area contributed by atoms with Gasteiger partial charge in [0.15, 0.2) is 79.2 Å². The van der Waals surface area contributed by atoms with E-state index in [2.05, 4.69) is 70.1 Å². The highest BCUT2D eigenvalue weighted by Gasteiger charge is 2.60. The number of hydrogen-bond donors (Lipinski definition) is 16. The lowest BCUT2D eigenvalue weighted by Crippen LogP contribution is -2.63. The number of nitrogens with one attached hydrogen (secondary N) is 5. The van der Waals surface area contributed by atoms with E-state index >= 15 is 0 Å². The molecule has 12 heterocycles. The maximum absolute atomic E-state index is 13.7. The summed E-state index contributed by atoms with van der Waals surface area (Å²) in [6.45, 7) is 1.51. The first-order valence-electron chi connectivity index (χ1n) is 34.3. The number of fused-ring (bicyclic) bond motifs is 7. The summed E-state index contributed by atoms with van der Waals surface area (Å²) in [6, 6.07) is 13.2. The normalized spacial score (nSPS) is 23.6. The van der Waals surface area contributed by atoms with Gasteiger partial charge in [0.05, 0.1) is 83.5 Å². The molecule has 114 heavy (non-hydrogen) atoms. The molecule has 6 aliphatic rings. The Balaban J connectivity index is 0.000000146. The molecule has 16 rings (SSSR count). The van der Waals surface area contributed by atoms with Gasteiger partial charge in [-0.25, -0.2) is 39.5 Å². The second kappa shape index (κ2) is 34.5. The number of aromatic nitrogens is 14. The van der Waals surface area contributed by atoms with E-state index in [9.17, 15) is 58.3 Å². The third-order valence-corrected chi connectivity index (χ3v) is 19.3. The van der Waals surface area contributed by atoms with Crippen molar-refractivity contribution in [2.75, 3.05) is 75.7 Å². The minimum Gasteiger partial charge on any atom is -0.502 e. The van der Waals surface area contributed by atoms with E-state index in [-0.39, 0.29) is 79.2 Å². The van der Waals surface area contributed by atoms with Crippen LogP contribution in [0.2, 0.25) is 0 Å². The van der Waals surface area contributed by atoms with Crippen LogP contribution in [0.25, 0.3) is 33.5 Å². The minimum atomic E-state index is -3.71. The number of benzene rings is 3. The molecular weight excluding hydrogens is 1550 g/mol. The molecule has 20 N–H and O–H groups in total. The van der Waals surface area contributed by atoms with Crippen LogP contribution in [0, 0.1) is 21.1 Å². The Bertz CT molecular complexity index is 5370. The maximum Gasteiger partial charge on any atom is 0.351 e. The Morgan fingerprint density at radius 3 is 2.13 bits per heavy atom. The molecule has 0 saturated carbocycles. The highest BCUT2D eigenvalue weighted by molar-refractivity contribution is 7.71. The van der Waals surface area contributed by atoms with Crippen LogP contribution in [-0.2, 0) is 49.3 Å². The van der Waals surface area contributed by atoms with Gasteiger partial charge in [0.2, 0.25) is 30.7 Å².